The highest BCUT2D eigenvalue weighted by Crippen LogP contribution is 2.31. The van der Waals surface area contributed by atoms with Gasteiger partial charge in [-0.25, -0.2) is 0 Å². The molecular weight excluding hydrogens is 186 g/mol. The van der Waals surface area contributed by atoms with E-state index in [1.54, 1.807) is 0 Å². The highest BCUT2D eigenvalue weighted by Gasteiger charge is 2.10. The van der Waals surface area contributed by atoms with Crippen molar-refractivity contribution in [3.63, 3.8) is 0 Å². The van der Waals surface area contributed by atoms with Crippen molar-refractivity contribution in [2.45, 2.75) is 13.8 Å². The second-order valence-electron chi connectivity index (χ2n) is 3.66. The van der Waals surface area contributed by atoms with Crippen molar-refractivity contribution in [1.82, 2.24) is 0 Å². The molecule has 0 spiro atoms. The van der Waals surface area contributed by atoms with Crippen LogP contribution < -0.4 is 9.64 Å². The lowest BCUT2D eigenvalue weighted by Gasteiger charge is -2.21. The fraction of sp³-hybridized carbons (Fsp3) is 0.385. The van der Waals surface area contributed by atoms with Crippen LogP contribution in [0.2, 0.25) is 0 Å². The third kappa shape index (κ3) is 2.32. The molecule has 1 aromatic carbocycles. The monoisotopic (exact) mass is 205 g/mol. The Morgan fingerprint density at radius 3 is 2.53 bits per heavy atom. The van der Waals surface area contributed by atoms with E-state index in [-0.39, 0.29) is 0 Å². The van der Waals surface area contributed by atoms with Crippen LogP contribution in [0.1, 0.15) is 18.1 Å². The largest absolute Gasteiger partial charge is 0.494 e. The van der Waals surface area contributed by atoms with Gasteiger partial charge in [-0.1, -0.05) is 12.7 Å². The standard InChI is InChI=1S/C13H19NO/c1-6-11-8-9-12(15-7-2)10(3)13(11)14(4)5/h6,8-9H,1,7H2,2-5H3. The lowest BCUT2D eigenvalue weighted by molar-refractivity contribution is 0.338. The molecular formula is C13H19NO. The van der Waals surface area contributed by atoms with Crippen molar-refractivity contribution >= 4 is 11.8 Å². The number of benzene rings is 1. The summed E-state index contributed by atoms with van der Waals surface area (Å²) >= 11 is 0. The molecule has 0 aliphatic heterocycles. The van der Waals surface area contributed by atoms with E-state index in [0.717, 1.165) is 11.3 Å². The minimum atomic E-state index is 0.696. The zero-order chi connectivity index (χ0) is 11.4. The number of hydrogen-bond acceptors (Lipinski definition) is 2. The summed E-state index contributed by atoms with van der Waals surface area (Å²) in [5.41, 5.74) is 3.48. The Morgan fingerprint density at radius 2 is 2.07 bits per heavy atom. The van der Waals surface area contributed by atoms with E-state index in [4.69, 9.17) is 4.74 Å². The zero-order valence-electron chi connectivity index (χ0n) is 10.0. The molecule has 15 heavy (non-hydrogen) atoms. The van der Waals surface area contributed by atoms with Crippen LogP contribution in [0.3, 0.4) is 0 Å². The van der Waals surface area contributed by atoms with E-state index in [2.05, 4.69) is 18.4 Å². The van der Waals surface area contributed by atoms with Crippen LogP contribution in [0.5, 0.6) is 5.75 Å². The second-order valence-corrected chi connectivity index (χ2v) is 3.66. The molecule has 0 aliphatic carbocycles. The SMILES string of the molecule is C=Cc1ccc(OCC)c(C)c1N(C)C. The first kappa shape index (κ1) is 11.6. The second kappa shape index (κ2) is 4.87. The van der Waals surface area contributed by atoms with Gasteiger partial charge in [0, 0.05) is 19.7 Å². The molecule has 0 saturated heterocycles. The van der Waals surface area contributed by atoms with Gasteiger partial charge < -0.3 is 9.64 Å². The first-order chi connectivity index (χ1) is 7.11. The molecule has 0 bridgehead atoms. The molecule has 0 unspecified atom stereocenters. The average Bonchev–Trinajstić information content (AvgIpc) is 2.20. The maximum atomic E-state index is 5.57. The lowest BCUT2D eigenvalue weighted by Crippen LogP contribution is -2.12. The van der Waals surface area contributed by atoms with Crippen molar-refractivity contribution in [3.05, 3.63) is 29.8 Å². The van der Waals surface area contributed by atoms with Crippen LogP contribution in [-0.2, 0) is 0 Å². The highest BCUT2D eigenvalue weighted by molar-refractivity contribution is 5.72. The molecule has 0 fully saturated rings. The minimum absolute atomic E-state index is 0.696. The van der Waals surface area contributed by atoms with Crippen LogP contribution in [0.15, 0.2) is 18.7 Å². The molecule has 0 aromatic heterocycles. The predicted octanol–water partition coefficient (Wildman–Crippen LogP) is 3.10. The summed E-state index contributed by atoms with van der Waals surface area (Å²) in [5.74, 6) is 0.951. The smallest absolute Gasteiger partial charge is 0.124 e. The van der Waals surface area contributed by atoms with Crippen LogP contribution in [0, 0.1) is 6.92 Å². The van der Waals surface area contributed by atoms with Gasteiger partial charge in [0.25, 0.3) is 0 Å². The van der Waals surface area contributed by atoms with Crippen LogP contribution in [0.4, 0.5) is 5.69 Å². The van der Waals surface area contributed by atoms with Gasteiger partial charge in [0.1, 0.15) is 5.75 Å². The summed E-state index contributed by atoms with van der Waals surface area (Å²) in [6.45, 7) is 8.59. The van der Waals surface area contributed by atoms with Gasteiger partial charge in [0.2, 0.25) is 0 Å². The number of nitrogens with zero attached hydrogens (tertiary/aromatic N) is 1. The third-order valence-electron chi connectivity index (χ3n) is 2.38. The van der Waals surface area contributed by atoms with E-state index < -0.39 is 0 Å². The Labute approximate surface area is 92.2 Å². The molecule has 0 saturated carbocycles. The molecule has 2 heteroatoms. The summed E-state index contributed by atoms with van der Waals surface area (Å²) < 4.78 is 5.57. The summed E-state index contributed by atoms with van der Waals surface area (Å²) in [6.07, 6.45) is 1.87. The van der Waals surface area contributed by atoms with Crippen molar-refractivity contribution in [2.24, 2.45) is 0 Å². The Kier molecular flexibility index (Phi) is 3.78. The first-order valence-electron chi connectivity index (χ1n) is 5.18. The summed E-state index contributed by atoms with van der Waals surface area (Å²) in [7, 11) is 4.07. The van der Waals surface area contributed by atoms with Crippen LogP contribution >= 0.6 is 0 Å². The van der Waals surface area contributed by atoms with Gasteiger partial charge in [-0.3, -0.25) is 0 Å². The Balaban J connectivity index is 3.28. The van der Waals surface area contributed by atoms with Crippen molar-refractivity contribution < 1.29 is 4.74 Å². The summed E-state index contributed by atoms with van der Waals surface area (Å²) in [5, 5.41) is 0. The Bertz CT molecular complexity index is 356. The van der Waals surface area contributed by atoms with E-state index in [9.17, 15) is 0 Å². The van der Waals surface area contributed by atoms with Crippen LogP contribution in [-0.4, -0.2) is 20.7 Å². The molecule has 1 rings (SSSR count). The number of ether oxygens (including phenoxy) is 1. The number of rotatable bonds is 4. The maximum absolute atomic E-state index is 5.57. The molecule has 0 radical (unpaired) electrons. The van der Waals surface area contributed by atoms with Gasteiger partial charge in [-0.2, -0.15) is 0 Å². The lowest BCUT2D eigenvalue weighted by atomic mass is 10.1. The van der Waals surface area contributed by atoms with E-state index in [1.165, 1.54) is 11.3 Å². The maximum Gasteiger partial charge on any atom is 0.124 e. The van der Waals surface area contributed by atoms with Gasteiger partial charge in [-0.15, -0.1) is 0 Å². The van der Waals surface area contributed by atoms with Gasteiger partial charge >= 0.3 is 0 Å². The molecule has 0 atom stereocenters. The molecule has 82 valence electrons. The third-order valence-corrected chi connectivity index (χ3v) is 2.38. The van der Waals surface area contributed by atoms with Gasteiger partial charge in [-0.05, 0) is 31.5 Å². The molecule has 0 N–H and O–H groups in total. The van der Waals surface area contributed by atoms with Gasteiger partial charge in [0.15, 0.2) is 0 Å². The molecule has 0 heterocycles. The van der Waals surface area contributed by atoms with Crippen molar-refractivity contribution in [3.8, 4) is 5.75 Å². The Morgan fingerprint density at radius 1 is 1.40 bits per heavy atom. The Hall–Kier alpha value is -1.44. The number of hydrogen-bond donors (Lipinski definition) is 0. The fourth-order valence-electron chi connectivity index (χ4n) is 1.77. The minimum Gasteiger partial charge on any atom is -0.494 e. The normalized spacial score (nSPS) is 9.87. The predicted molar refractivity (Wildman–Crippen MR) is 66.8 cm³/mol. The van der Waals surface area contributed by atoms with E-state index in [0.29, 0.717) is 6.61 Å². The average molecular weight is 205 g/mol. The summed E-state index contributed by atoms with van der Waals surface area (Å²) in [4.78, 5) is 2.09. The molecule has 1 aromatic rings. The summed E-state index contributed by atoms with van der Waals surface area (Å²) in [6, 6.07) is 4.04. The fourth-order valence-corrected chi connectivity index (χ4v) is 1.77. The molecule has 0 amide bonds. The van der Waals surface area contributed by atoms with Crippen molar-refractivity contribution in [2.75, 3.05) is 25.6 Å². The highest BCUT2D eigenvalue weighted by atomic mass is 16.5. The topological polar surface area (TPSA) is 12.5 Å². The molecule has 0 aliphatic rings. The number of anilines is 1. The molecule has 2 nitrogen and oxygen atoms in total. The van der Waals surface area contributed by atoms with E-state index in [1.807, 2.05) is 39.2 Å². The van der Waals surface area contributed by atoms with E-state index >= 15 is 0 Å². The zero-order valence-corrected chi connectivity index (χ0v) is 10.0. The van der Waals surface area contributed by atoms with Crippen LogP contribution in [0.25, 0.3) is 6.08 Å². The van der Waals surface area contributed by atoms with Gasteiger partial charge in [0.05, 0.1) is 12.3 Å². The van der Waals surface area contributed by atoms with Crippen molar-refractivity contribution in [1.29, 1.82) is 0 Å². The quantitative estimate of drug-likeness (QED) is 0.749. The first-order valence-corrected chi connectivity index (χ1v) is 5.18.